The van der Waals surface area contributed by atoms with Crippen molar-refractivity contribution in [3.8, 4) is 0 Å². The summed E-state index contributed by atoms with van der Waals surface area (Å²) in [6.07, 6.45) is 2.30. The lowest BCUT2D eigenvalue weighted by Crippen LogP contribution is -2.34. The molecule has 0 heterocycles. The molecule has 0 amide bonds. The van der Waals surface area contributed by atoms with Crippen LogP contribution in [0.4, 0.5) is 10.1 Å². The Bertz CT molecular complexity index is 564. The van der Waals surface area contributed by atoms with Crippen molar-refractivity contribution in [1.29, 1.82) is 0 Å². The highest BCUT2D eigenvalue weighted by molar-refractivity contribution is 14.1. The van der Waals surface area contributed by atoms with Crippen molar-refractivity contribution in [3.05, 3.63) is 63.5 Å². The van der Waals surface area contributed by atoms with Gasteiger partial charge in [0.05, 0.1) is 0 Å². The summed E-state index contributed by atoms with van der Waals surface area (Å²) < 4.78 is 14.0. The van der Waals surface area contributed by atoms with Gasteiger partial charge in [0.15, 0.2) is 0 Å². The molecule has 1 N–H and O–H groups in total. The molecule has 19 heavy (non-hydrogen) atoms. The first-order valence-corrected chi connectivity index (χ1v) is 7.57. The Morgan fingerprint density at radius 2 is 1.79 bits per heavy atom. The molecule has 0 aromatic heterocycles. The quantitative estimate of drug-likeness (QED) is 0.770. The number of hydrogen-bond donors (Lipinski definition) is 1. The third kappa shape index (κ3) is 2.91. The second kappa shape index (κ2) is 5.49. The van der Waals surface area contributed by atoms with Crippen LogP contribution < -0.4 is 5.32 Å². The normalized spacial score (nSPS) is 21.8. The van der Waals surface area contributed by atoms with Gasteiger partial charge in [0.1, 0.15) is 5.82 Å². The van der Waals surface area contributed by atoms with Crippen LogP contribution in [0.25, 0.3) is 0 Å². The smallest absolute Gasteiger partial charge is 0.124 e. The zero-order valence-corrected chi connectivity index (χ0v) is 12.6. The molecular weight excluding hydrogens is 352 g/mol. The highest BCUT2D eigenvalue weighted by Crippen LogP contribution is 2.38. The van der Waals surface area contributed by atoms with E-state index in [1.54, 1.807) is 6.07 Å². The fourth-order valence-corrected chi connectivity index (χ4v) is 3.19. The first kappa shape index (κ1) is 12.9. The third-order valence-corrected chi connectivity index (χ3v) is 4.59. The van der Waals surface area contributed by atoms with Crippen LogP contribution in [-0.4, -0.2) is 6.04 Å². The fourth-order valence-electron chi connectivity index (χ4n) is 2.56. The Morgan fingerprint density at radius 3 is 2.47 bits per heavy atom. The summed E-state index contributed by atoms with van der Waals surface area (Å²) in [7, 11) is 0. The molecule has 3 rings (SSSR count). The van der Waals surface area contributed by atoms with Crippen molar-refractivity contribution in [2.24, 2.45) is 0 Å². The van der Waals surface area contributed by atoms with Gasteiger partial charge in [0.2, 0.25) is 0 Å². The van der Waals surface area contributed by atoms with Crippen LogP contribution in [-0.2, 0) is 0 Å². The lowest BCUT2D eigenvalue weighted by molar-refractivity contribution is 0.374. The molecule has 2 aromatic rings. The van der Waals surface area contributed by atoms with E-state index in [0.29, 0.717) is 12.0 Å². The molecule has 1 nitrogen and oxygen atoms in total. The molecule has 1 fully saturated rings. The minimum atomic E-state index is -0.175. The number of anilines is 1. The van der Waals surface area contributed by atoms with Gasteiger partial charge in [-0.15, -0.1) is 0 Å². The molecule has 0 radical (unpaired) electrons. The van der Waals surface area contributed by atoms with Gasteiger partial charge in [-0.05, 0) is 65.1 Å². The lowest BCUT2D eigenvalue weighted by Gasteiger charge is -2.37. The van der Waals surface area contributed by atoms with E-state index in [1.807, 2.05) is 6.07 Å². The second-order valence-electron chi connectivity index (χ2n) is 5.04. The summed E-state index contributed by atoms with van der Waals surface area (Å²) >= 11 is 2.17. The second-order valence-corrected chi connectivity index (χ2v) is 6.21. The van der Waals surface area contributed by atoms with E-state index in [-0.39, 0.29) is 5.82 Å². The maximum Gasteiger partial charge on any atom is 0.124 e. The number of hydrogen-bond acceptors (Lipinski definition) is 1. The summed E-state index contributed by atoms with van der Waals surface area (Å²) in [4.78, 5) is 0. The highest BCUT2D eigenvalue weighted by atomic mass is 127. The summed E-state index contributed by atoms with van der Waals surface area (Å²) in [6.45, 7) is 0. The van der Waals surface area contributed by atoms with Crippen molar-refractivity contribution in [2.75, 3.05) is 5.32 Å². The molecule has 0 spiro atoms. The summed E-state index contributed by atoms with van der Waals surface area (Å²) in [6, 6.07) is 16.0. The van der Waals surface area contributed by atoms with Gasteiger partial charge < -0.3 is 5.32 Å². The van der Waals surface area contributed by atoms with Crippen molar-refractivity contribution < 1.29 is 4.39 Å². The number of rotatable bonds is 3. The van der Waals surface area contributed by atoms with E-state index >= 15 is 0 Å². The van der Waals surface area contributed by atoms with Gasteiger partial charge in [-0.3, -0.25) is 0 Å². The monoisotopic (exact) mass is 367 g/mol. The molecule has 1 saturated carbocycles. The van der Waals surface area contributed by atoms with Gasteiger partial charge in [0, 0.05) is 15.3 Å². The molecule has 1 aliphatic rings. The van der Waals surface area contributed by atoms with E-state index in [0.717, 1.165) is 22.1 Å². The number of halogens is 2. The maximum absolute atomic E-state index is 13.0. The van der Waals surface area contributed by atoms with Gasteiger partial charge in [0.25, 0.3) is 0 Å². The average molecular weight is 367 g/mol. The Labute approximate surface area is 126 Å². The first-order chi connectivity index (χ1) is 9.22. The molecule has 3 heteroatoms. The maximum atomic E-state index is 13.0. The molecule has 0 aliphatic heterocycles. The van der Waals surface area contributed by atoms with Gasteiger partial charge in [-0.2, -0.15) is 0 Å². The van der Waals surface area contributed by atoms with Crippen LogP contribution in [0.5, 0.6) is 0 Å². The van der Waals surface area contributed by atoms with E-state index in [2.05, 4.69) is 58.2 Å². The van der Waals surface area contributed by atoms with Gasteiger partial charge in [-0.1, -0.05) is 30.3 Å². The van der Waals surface area contributed by atoms with Gasteiger partial charge in [-0.25, -0.2) is 4.39 Å². The van der Waals surface area contributed by atoms with E-state index in [4.69, 9.17) is 0 Å². The van der Waals surface area contributed by atoms with Crippen LogP contribution >= 0.6 is 22.6 Å². The molecule has 0 saturated heterocycles. The predicted octanol–water partition coefficient (Wildman–Crippen LogP) is 4.79. The van der Waals surface area contributed by atoms with Crippen LogP contribution in [0, 0.1) is 9.39 Å². The molecule has 98 valence electrons. The van der Waals surface area contributed by atoms with E-state index in [1.165, 1.54) is 11.6 Å². The Balaban J connectivity index is 1.60. The molecule has 2 aromatic carbocycles. The molecule has 0 atom stereocenters. The zero-order chi connectivity index (χ0) is 13.2. The van der Waals surface area contributed by atoms with Crippen LogP contribution in [0.3, 0.4) is 0 Å². The van der Waals surface area contributed by atoms with Crippen molar-refractivity contribution in [1.82, 2.24) is 0 Å². The minimum absolute atomic E-state index is 0.175. The van der Waals surface area contributed by atoms with E-state index in [9.17, 15) is 4.39 Å². The minimum Gasteiger partial charge on any atom is -0.381 e. The topological polar surface area (TPSA) is 12.0 Å². The van der Waals surface area contributed by atoms with Crippen LogP contribution in [0.2, 0.25) is 0 Å². The fraction of sp³-hybridized carbons (Fsp3) is 0.250. The molecule has 1 aliphatic carbocycles. The Hall–Kier alpha value is -1.10. The molecule has 0 bridgehead atoms. The lowest BCUT2D eigenvalue weighted by atomic mass is 9.76. The molecular formula is C16H15FIN. The third-order valence-electron chi connectivity index (χ3n) is 3.70. The SMILES string of the molecule is Fc1ccc(NC2CC(c3ccccc3)C2)c(I)c1. The van der Waals surface area contributed by atoms with Crippen LogP contribution in [0.1, 0.15) is 24.3 Å². The summed E-state index contributed by atoms with van der Waals surface area (Å²) in [5, 5.41) is 3.50. The number of nitrogens with one attached hydrogen (secondary N) is 1. The first-order valence-electron chi connectivity index (χ1n) is 6.49. The largest absolute Gasteiger partial charge is 0.381 e. The van der Waals surface area contributed by atoms with Crippen LogP contribution in [0.15, 0.2) is 48.5 Å². The summed E-state index contributed by atoms with van der Waals surface area (Å²) in [5.41, 5.74) is 2.47. The highest BCUT2D eigenvalue weighted by Gasteiger charge is 2.30. The average Bonchev–Trinajstić information content (AvgIpc) is 2.36. The van der Waals surface area contributed by atoms with Gasteiger partial charge >= 0.3 is 0 Å². The van der Waals surface area contributed by atoms with E-state index < -0.39 is 0 Å². The summed E-state index contributed by atoms with van der Waals surface area (Å²) in [5.74, 6) is 0.488. The van der Waals surface area contributed by atoms with Crippen molar-refractivity contribution in [3.63, 3.8) is 0 Å². The Kier molecular flexibility index (Phi) is 3.73. The zero-order valence-electron chi connectivity index (χ0n) is 10.4. The predicted molar refractivity (Wildman–Crippen MR) is 84.9 cm³/mol. The molecule has 0 unspecified atom stereocenters. The number of benzene rings is 2. The van der Waals surface area contributed by atoms with Crippen molar-refractivity contribution in [2.45, 2.75) is 24.8 Å². The Morgan fingerprint density at radius 1 is 1.05 bits per heavy atom. The standard InChI is InChI=1S/C16H15FIN/c17-13-6-7-16(15(18)10-13)19-14-8-12(9-14)11-4-2-1-3-5-11/h1-7,10,12,14,19H,8-9H2. The van der Waals surface area contributed by atoms with Crippen molar-refractivity contribution >= 4 is 28.3 Å².